The zero-order valence-electron chi connectivity index (χ0n) is 7.09. The van der Waals surface area contributed by atoms with E-state index < -0.39 is 6.26 Å². The van der Waals surface area contributed by atoms with Gasteiger partial charge in [0.15, 0.2) is 0 Å². The molecule has 0 spiro atoms. The molecule has 0 N–H and O–H groups in total. The minimum atomic E-state index is -1.37. The highest BCUT2D eigenvalue weighted by Gasteiger charge is 2.12. The van der Waals surface area contributed by atoms with Gasteiger partial charge in [0.2, 0.25) is 0 Å². The van der Waals surface area contributed by atoms with Gasteiger partial charge in [0.1, 0.15) is 0 Å². The maximum absolute atomic E-state index is 5.39. The number of rotatable bonds is 5. The van der Waals surface area contributed by atoms with E-state index in [-0.39, 0.29) is 0 Å². The molecule has 0 aliphatic rings. The molecule has 0 fully saturated rings. The molecule has 0 rings (SSSR count). The molecule has 0 aromatic heterocycles. The molecule has 0 unspecified atom stereocenters. The van der Waals surface area contributed by atoms with Crippen LogP contribution in [0.1, 0.15) is 26.7 Å². The maximum Gasteiger partial charge on any atom is 0.0670 e. The van der Waals surface area contributed by atoms with E-state index in [1.165, 1.54) is 0 Å². The van der Waals surface area contributed by atoms with Gasteiger partial charge in [-0.2, -0.15) is 0 Å². The van der Waals surface area contributed by atoms with Crippen LogP contribution >= 0.6 is 6.26 Å². The summed E-state index contributed by atoms with van der Waals surface area (Å²) in [5.74, 6) is 0. The molecule has 0 aromatic carbocycles. The highest BCUT2D eigenvalue weighted by molar-refractivity contribution is 8.12. The van der Waals surface area contributed by atoms with Crippen LogP contribution in [0.5, 0.6) is 0 Å². The Balaban J connectivity index is 3.83. The summed E-state index contributed by atoms with van der Waals surface area (Å²) in [6.07, 6.45) is 3.16. The third-order valence-corrected chi connectivity index (χ3v) is 5.93. The van der Waals surface area contributed by atoms with Crippen LogP contribution in [0.25, 0.3) is 0 Å². The molecule has 0 saturated carbocycles. The maximum atomic E-state index is 5.39. The van der Waals surface area contributed by atoms with E-state index in [4.69, 9.17) is 16.3 Å². The topological polar surface area (TPSA) is 9.23 Å². The minimum absolute atomic E-state index is 1.10. The van der Waals surface area contributed by atoms with Gasteiger partial charge < -0.3 is 4.52 Å². The Labute approximate surface area is 69.2 Å². The van der Waals surface area contributed by atoms with Crippen molar-refractivity contribution in [2.45, 2.75) is 26.7 Å². The summed E-state index contributed by atoms with van der Waals surface area (Å²) >= 11 is 5.39. The summed E-state index contributed by atoms with van der Waals surface area (Å²) in [5, 5.41) is 0. The van der Waals surface area contributed by atoms with E-state index in [2.05, 4.69) is 13.8 Å². The van der Waals surface area contributed by atoms with Crippen molar-refractivity contribution in [1.82, 2.24) is 0 Å². The molecule has 1 nitrogen and oxygen atoms in total. The molecule has 10 heavy (non-hydrogen) atoms. The van der Waals surface area contributed by atoms with Gasteiger partial charge in [-0.3, -0.25) is 0 Å². The first-order valence-electron chi connectivity index (χ1n) is 3.82. The lowest BCUT2D eigenvalue weighted by Gasteiger charge is -2.17. The zero-order valence-corrected chi connectivity index (χ0v) is 8.80. The molecule has 3 heteroatoms. The molecule has 0 atom stereocenters. The molecule has 0 heterocycles. The first-order chi connectivity index (χ1) is 4.68. The Bertz CT molecular complexity index is 115. The van der Waals surface area contributed by atoms with E-state index in [0.29, 0.717) is 0 Å². The summed E-state index contributed by atoms with van der Waals surface area (Å²) in [6.45, 7) is 4.32. The van der Waals surface area contributed by atoms with Gasteiger partial charge in [-0.15, -0.1) is 0 Å². The van der Waals surface area contributed by atoms with Gasteiger partial charge in [0, 0.05) is 7.11 Å². The molecule has 0 aromatic rings. The second-order valence-corrected chi connectivity index (χ2v) is 7.33. The molecule has 0 aliphatic heterocycles. The van der Waals surface area contributed by atoms with E-state index in [9.17, 15) is 0 Å². The summed E-state index contributed by atoms with van der Waals surface area (Å²) < 4.78 is 5.34. The summed E-state index contributed by atoms with van der Waals surface area (Å²) in [7, 11) is 1.76. The largest absolute Gasteiger partial charge is 0.354 e. The van der Waals surface area contributed by atoms with Crippen LogP contribution in [0, 0.1) is 0 Å². The SMILES string of the molecule is CCCP(=S)(CCC)OC. The van der Waals surface area contributed by atoms with Gasteiger partial charge in [-0.1, -0.05) is 25.7 Å². The van der Waals surface area contributed by atoms with Gasteiger partial charge in [0.25, 0.3) is 0 Å². The second kappa shape index (κ2) is 5.29. The number of hydrogen-bond acceptors (Lipinski definition) is 2. The van der Waals surface area contributed by atoms with Crippen molar-refractivity contribution >= 4 is 18.1 Å². The minimum Gasteiger partial charge on any atom is -0.354 e. The van der Waals surface area contributed by atoms with Crippen molar-refractivity contribution in [3.63, 3.8) is 0 Å². The van der Waals surface area contributed by atoms with Crippen LogP contribution < -0.4 is 0 Å². The highest BCUT2D eigenvalue weighted by Crippen LogP contribution is 2.47. The quantitative estimate of drug-likeness (QED) is 0.602. The molecule has 0 saturated heterocycles. The third kappa shape index (κ3) is 3.70. The lowest BCUT2D eigenvalue weighted by molar-refractivity contribution is 0.457. The van der Waals surface area contributed by atoms with Gasteiger partial charge >= 0.3 is 0 Å². The Hall–Kier alpha value is 0.610. The van der Waals surface area contributed by atoms with Gasteiger partial charge in [0.05, 0.1) is 6.26 Å². The van der Waals surface area contributed by atoms with Crippen LogP contribution in [0.15, 0.2) is 0 Å². The molecule has 0 radical (unpaired) electrons. The molecule has 0 amide bonds. The van der Waals surface area contributed by atoms with Crippen molar-refractivity contribution in [2.24, 2.45) is 0 Å². The molecule has 0 aliphatic carbocycles. The second-order valence-electron chi connectivity index (χ2n) is 2.44. The van der Waals surface area contributed by atoms with Crippen LogP contribution in [-0.4, -0.2) is 19.4 Å². The fourth-order valence-corrected chi connectivity index (χ4v) is 4.02. The van der Waals surface area contributed by atoms with E-state index in [0.717, 1.165) is 25.2 Å². The van der Waals surface area contributed by atoms with Crippen molar-refractivity contribution in [2.75, 3.05) is 19.4 Å². The third-order valence-electron chi connectivity index (χ3n) is 1.46. The lowest BCUT2D eigenvalue weighted by atomic mass is 10.6. The smallest absolute Gasteiger partial charge is 0.0670 e. The molecular formula is C7H17OPS. The summed E-state index contributed by atoms with van der Waals surface area (Å²) in [5.41, 5.74) is 0. The monoisotopic (exact) mass is 180 g/mol. The number of hydrogen-bond donors (Lipinski definition) is 0. The average Bonchev–Trinajstić information content (AvgIpc) is 1.89. The van der Waals surface area contributed by atoms with E-state index in [1.807, 2.05) is 0 Å². The molecular weight excluding hydrogens is 163 g/mol. The Morgan fingerprint density at radius 3 is 1.80 bits per heavy atom. The van der Waals surface area contributed by atoms with Crippen molar-refractivity contribution in [3.8, 4) is 0 Å². The van der Waals surface area contributed by atoms with Crippen LogP contribution in [0.4, 0.5) is 0 Å². The van der Waals surface area contributed by atoms with E-state index >= 15 is 0 Å². The fraction of sp³-hybridized carbons (Fsp3) is 1.00. The summed E-state index contributed by atoms with van der Waals surface area (Å²) in [6, 6.07) is 0. The predicted molar refractivity (Wildman–Crippen MR) is 51.6 cm³/mol. The first-order valence-corrected chi connectivity index (χ1v) is 6.91. The zero-order chi connectivity index (χ0) is 8.04. The van der Waals surface area contributed by atoms with Crippen molar-refractivity contribution in [3.05, 3.63) is 0 Å². The highest BCUT2D eigenvalue weighted by atomic mass is 32.4. The van der Waals surface area contributed by atoms with Crippen molar-refractivity contribution in [1.29, 1.82) is 0 Å². The molecule has 0 bridgehead atoms. The molecule has 62 valence electrons. The average molecular weight is 180 g/mol. The lowest BCUT2D eigenvalue weighted by Crippen LogP contribution is -1.94. The van der Waals surface area contributed by atoms with Crippen molar-refractivity contribution < 1.29 is 4.52 Å². The van der Waals surface area contributed by atoms with E-state index in [1.54, 1.807) is 7.11 Å². The normalized spacial score (nSPS) is 11.9. The standard InChI is InChI=1S/C7H17OPS/c1-4-6-9(10,8-3)7-5-2/h4-7H2,1-3H3. The first kappa shape index (κ1) is 10.6. The van der Waals surface area contributed by atoms with Crippen LogP contribution in [-0.2, 0) is 16.3 Å². The summed E-state index contributed by atoms with van der Waals surface area (Å²) in [4.78, 5) is 0. The van der Waals surface area contributed by atoms with Crippen LogP contribution in [0.2, 0.25) is 0 Å². The predicted octanol–water partition coefficient (Wildman–Crippen LogP) is 2.85. The fourth-order valence-electron chi connectivity index (χ4n) is 0.976. The Morgan fingerprint density at radius 2 is 1.60 bits per heavy atom. The Morgan fingerprint density at radius 1 is 1.20 bits per heavy atom. The van der Waals surface area contributed by atoms with Gasteiger partial charge in [-0.05, 0) is 25.2 Å². The van der Waals surface area contributed by atoms with Crippen LogP contribution in [0.3, 0.4) is 0 Å². The Kier molecular flexibility index (Phi) is 5.61. The van der Waals surface area contributed by atoms with Gasteiger partial charge in [-0.25, -0.2) is 0 Å².